The highest BCUT2D eigenvalue weighted by molar-refractivity contribution is 7.89. The van der Waals surface area contributed by atoms with Gasteiger partial charge in [-0.2, -0.15) is 9.40 Å². The third-order valence-corrected chi connectivity index (χ3v) is 4.77. The molecule has 0 radical (unpaired) electrons. The van der Waals surface area contributed by atoms with Gasteiger partial charge in [-0.15, -0.1) is 0 Å². The smallest absolute Gasteiger partial charge is 0.259 e. The number of sulfonamides is 1. The van der Waals surface area contributed by atoms with E-state index in [0.717, 1.165) is 12.8 Å². The number of nitrogens with one attached hydrogen (secondary N) is 1. The van der Waals surface area contributed by atoms with Crippen molar-refractivity contribution in [3.8, 4) is 0 Å². The summed E-state index contributed by atoms with van der Waals surface area (Å²) in [4.78, 5) is 0. The number of aromatic amines is 1. The van der Waals surface area contributed by atoms with Crippen LogP contribution in [0.25, 0.3) is 0 Å². The van der Waals surface area contributed by atoms with Crippen molar-refractivity contribution in [1.29, 1.82) is 0 Å². The van der Waals surface area contributed by atoms with Crippen molar-refractivity contribution in [2.75, 3.05) is 26.8 Å². The van der Waals surface area contributed by atoms with Gasteiger partial charge in [-0.25, -0.2) is 8.42 Å². The number of piperidine rings is 1. The van der Waals surface area contributed by atoms with Gasteiger partial charge in [0.1, 0.15) is 0 Å². The summed E-state index contributed by atoms with van der Waals surface area (Å²) in [6.07, 6.45) is 3.34. The highest BCUT2D eigenvalue weighted by Gasteiger charge is 2.30. The van der Waals surface area contributed by atoms with Crippen molar-refractivity contribution in [2.24, 2.45) is 5.92 Å². The van der Waals surface area contributed by atoms with Gasteiger partial charge >= 0.3 is 0 Å². The Hall–Kier alpha value is -0.920. The molecule has 1 aliphatic heterocycles. The van der Waals surface area contributed by atoms with Crippen LogP contribution in [-0.2, 0) is 14.8 Å². The SMILES string of the molecule is COCC1CCCN(S(=O)(=O)c2ccn[nH]2)C1. The van der Waals surface area contributed by atoms with Crippen LogP contribution < -0.4 is 0 Å². The molecule has 0 amide bonds. The van der Waals surface area contributed by atoms with Gasteiger partial charge < -0.3 is 4.74 Å². The molecule has 6 nitrogen and oxygen atoms in total. The van der Waals surface area contributed by atoms with Crippen LogP contribution in [0.3, 0.4) is 0 Å². The summed E-state index contributed by atoms with van der Waals surface area (Å²) in [6.45, 7) is 1.70. The molecule has 0 aromatic carbocycles. The molecule has 1 aliphatic rings. The molecule has 0 spiro atoms. The van der Waals surface area contributed by atoms with Gasteiger partial charge in [0.05, 0.1) is 12.8 Å². The average molecular weight is 259 g/mol. The Kier molecular flexibility index (Phi) is 3.80. The minimum absolute atomic E-state index is 0.163. The van der Waals surface area contributed by atoms with Crippen molar-refractivity contribution in [1.82, 2.24) is 14.5 Å². The van der Waals surface area contributed by atoms with Gasteiger partial charge in [0.2, 0.25) is 0 Å². The van der Waals surface area contributed by atoms with Crippen LogP contribution in [-0.4, -0.2) is 49.7 Å². The summed E-state index contributed by atoms with van der Waals surface area (Å²) in [7, 11) is -1.77. The predicted molar refractivity (Wildman–Crippen MR) is 61.9 cm³/mol. The van der Waals surface area contributed by atoms with Gasteiger partial charge in [-0.1, -0.05) is 0 Å². The lowest BCUT2D eigenvalue weighted by Crippen LogP contribution is -2.41. The lowest BCUT2D eigenvalue weighted by Gasteiger charge is -2.30. The van der Waals surface area contributed by atoms with E-state index in [-0.39, 0.29) is 10.9 Å². The first-order valence-electron chi connectivity index (χ1n) is 5.63. The number of hydrogen-bond acceptors (Lipinski definition) is 4. The third-order valence-electron chi connectivity index (χ3n) is 2.98. The molecule has 7 heteroatoms. The van der Waals surface area contributed by atoms with Gasteiger partial charge in [-0.3, -0.25) is 5.10 Å². The van der Waals surface area contributed by atoms with E-state index in [1.165, 1.54) is 16.6 Å². The van der Waals surface area contributed by atoms with Gasteiger partial charge in [0, 0.05) is 20.2 Å². The maximum Gasteiger partial charge on any atom is 0.259 e. The highest BCUT2D eigenvalue weighted by atomic mass is 32.2. The fourth-order valence-electron chi connectivity index (χ4n) is 2.14. The predicted octanol–water partition coefficient (Wildman–Crippen LogP) is 0.457. The van der Waals surface area contributed by atoms with Crippen molar-refractivity contribution < 1.29 is 13.2 Å². The zero-order chi connectivity index (χ0) is 12.3. The van der Waals surface area contributed by atoms with Crippen molar-refractivity contribution in [2.45, 2.75) is 17.9 Å². The van der Waals surface area contributed by atoms with E-state index in [1.807, 2.05) is 0 Å². The molecule has 2 rings (SSSR count). The fourth-order valence-corrected chi connectivity index (χ4v) is 3.60. The van der Waals surface area contributed by atoms with E-state index in [9.17, 15) is 8.42 Å². The minimum atomic E-state index is -3.41. The van der Waals surface area contributed by atoms with Crippen LogP contribution in [0.4, 0.5) is 0 Å². The monoisotopic (exact) mass is 259 g/mol. The molecule has 1 N–H and O–H groups in total. The van der Waals surface area contributed by atoms with Crippen molar-refractivity contribution in [3.63, 3.8) is 0 Å². The number of methoxy groups -OCH3 is 1. The number of hydrogen-bond donors (Lipinski definition) is 1. The van der Waals surface area contributed by atoms with E-state index in [1.54, 1.807) is 7.11 Å². The first kappa shape index (κ1) is 12.5. The molecule has 1 atom stereocenters. The molecule has 1 aromatic heterocycles. The Morgan fingerprint density at radius 2 is 2.47 bits per heavy atom. The fraction of sp³-hybridized carbons (Fsp3) is 0.700. The standard InChI is InChI=1S/C10H17N3O3S/c1-16-8-9-3-2-6-13(7-9)17(14,15)10-4-5-11-12-10/h4-5,9H,2-3,6-8H2,1H3,(H,11,12). The van der Waals surface area contributed by atoms with Gasteiger partial charge in [0.15, 0.2) is 5.03 Å². The molecule has 0 saturated carbocycles. The molecule has 1 saturated heterocycles. The second-order valence-corrected chi connectivity index (χ2v) is 6.15. The largest absolute Gasteiger partial charge is 0.384 e. The zero-order valence-electron chi connectivity index (χ0n) is 9.80. The van der Waals surface area contributed by atoms with Crippen LogP contribution in [0.2, 0.25) is 0 Å². The Morgan fingerprint density at radius 3 is 3.12 bits per heavy atom. The molecule has 17 heavy (non-hydrogen) atoms. The normalized spacial score (nSPS) is 22.8. The van der Waals surface area contributed by atoms with Crippen LogP contribution >= 0.6 is 0 Å². The lowest BCUT2D eigenvalue weighted by atomic mass is 10.0. The maximum atomic E-state index is 12.2. The van der Waals surface area contributed by atoms with E-state index >= 15 is 0 Å². The first-order chi connectivity index (χ1) is 8.14. The summed E-state index contributed by atoms with van der Waals surface area (Å²) in [5.41, 5.74) is 0. The summed E-state index contributed by atoms with van der Waals surface area (Å²) in [6, 6.07) is 1.48. The molecule has 1 aromatic rings. The quantitative estimate of drug-likeness (QED) is 0.852. The van der Waals surface area contributed by atoms with Crippen molar-refractivity contribution >= 4 is 10.0 Å². The number of H-pyrrole nitrogens is 1. The number of ether oxygens (including phenoxy) is 1. The van der Waals surface area contributed by atoms with E-state index in [4.69, 9.17) is 4.74 Å². The van der Waals surface area contributed by atoms with E-state index < -0.39 is 10.0 Å². The zero-order valence-corrected chi connectivity index (χ0v) is 10.6. The summed E-state index contributed by atoms with van der Waals surface area (Å²) < 4.78 is 31.0. The second kappa shape index (κ2) is 5.16. The van der Waals surface area contributed by atoms with Crippen molar-refractivity contribution in [3.05, 3.63) is 12.3 Å². The molecule has 1 unspecified atom stereocenters. The van der Waals surface area contributed by atoms with E-state index in [2.05, 4.69) is 10.2 Å². The summed E-state index contributed by atoms with van der Waals surface area (Å²) >= 11 is 0. The van der Waals surface area contributed by atoms with Crippen LogP contribution in [0.1, 0.15) is 12.8 Å². The molecule has 1 fully saturated rings. The average Bonchev–Trinajstić information content (AvgIpc) is 2.84. The number of aromatic nitrogens is 2. The van der Waals surface area contributed by atoms with Crippen LogP contribution in [0.15, 0.2) is 17.3 Å². The summed E-state index contributed by atoms with van der Waals surface area (Å²) in [5, 5.41) is 6.36. The number of nitrogens with zero attached hydrogens (tertiary/aromatic N) is 2. The molecule has 2 heterocycles. The molecular formula is C10H17N3O3S. The first-order valence-corrected chi connectivity index (χ1v) is 7.07. The second-order valence-electron chi connectivity index (χ2n) is 4.25. The Bertz CT molecular complexity index is 441. The van der Waals surface area contributed by atoms with Gasteiger partial charge in [-0.05, 0) is 24.8 Å². The topological polar surface area (TPSA) is 75.3 Å². The molecule has 0 bridgehead atoms. The lowest BCUT2D eigenvalue weighted by molar-refractivity contribution is 0.118. The minimum Gasteiger partial charge on any atom is -0.384 e. The molecule has 0 aliphatic carbocycles. The Morgan fingerprint density at radius 1 is 1.65 bits per heavy atom. The number of rotatable bonds is 4. The van der Waals surface area contributed by atoms with E-state index in [0.29, 0.717) is 19.7 Å². The Labute approximate surface area is 101 Å². The van der Waals surface area contributed by atoms with Crippen LogP contribution in [0.5, 0.6) is 0 Å². The van der Waals surface area contributed by atoms with Crippen LogP contribution in [0, 0.1) is 5.92 Å². The van der Waals surface area contributed by atoms with Gasteiger partial charge in [0.25, 0.3) is 10.0 Å². The third kappa shape index (κ3) is 2.67. The molecular weight excluding hydrogens is 242 g/mol. The Balaban J connectivity index is 2.12. The summed E-state index contributed by atoms with van der Waals surface area (Å²) in [5.74, 6) is 0.284. The maximum absolute atomic E-state index is 12.2. The molecule has 96 valence electrons. The highest BCUT2D eigenvalue weighted by Crippen LogP contribution is 2.22.